The van der Waals surface area contributed by atoms with Crippen LogP contribution in [0.25, 0.3) is 11.3 Å². The Kier molecular flexibility index (Phi) is 4.52. The number of carbonyl (C=O) groups is 1. The Morgan fingerprint density at radius 2 is 1.81 bits per heavy atom. The van der Waals surface area contributed by atoms with Crippen molar-refractivity contribution in [3.63, 3.8) is 0 Å². The average Bonchev–Trinajstić information content (AvgIpc) is 2.95. The topological polar surface area (TPSA) is 60.7 Å². The molecular formula is C16H19NO4. The van der Waals surface area contributed by atoms with Crippen LogP contribution in [0.2, 0.25) is 0 Å². The summed E-state index contributed by atoms with van der Waals surface area (Å²) in [5.74, 6) is 1.92. The zero-order valence-corrected chi connectivity index (χ0v) is 12.6. The van der Waals surface area contributed by atoms with Crippen molar-refractivity contribution in [1.29, 1.82) is 0 Å². The van der Waals surface area contributed by atoms with E-state index in [1.807, 2.05) is 26.0 Å². The van der Waals surface area contributed by atoms with Crippen LogP contribution >= 0.6 is 0 Å². The third-order valence-corrected chi connectivity index (χ3v) is 2.92. The fourth-order valence-corrected chi connectivity index (χ4v) is 1.94. The van der Waals surface area contributed by atoms with E-state index in [-0.39, 0.29) is 17.7 Å². The van der Waals surface area contributed by atoms with Crippen molar-refractivity contribution in [3.8, 4) is 22.8 Å². The molecule has 0 bridgehead atoms. The minimum absolute atomic E-state index is 0.0622. The number of hydrogen-bond acceptors (Lipinski definition) is 4. The Hall–Kier alpha value is -2.43. The van der Waals surface area contributed by atoms with Gasteiger partial charge in [0.25, 0.3) is 5.91 Å². The smallest absolute Gasteiger partial charge is 0.287 e. The maximum Gasteiger partial charge on any atom is 0.287 e. The first-order chi connectivity index (χ1) is 10.0. The normalized spacial score (nSPS) is 10.5. The second kappa shape index (κ2) is 6.35. The molecule has 0 saturated heterocycles. The van der Waals surface area contributed by atoms with Gasteiger partial charge in [-0.05, 0) is 44.2 Å². The maximum absolute atomic E-state index is 11.9. The van der Waals surface area contributed by atoms with E-state index >= 15 is 0 Å². The summed E-state index contributed by atoms with van der Waals surface area (Å²) in [4.78, 5) is 11.9. The molecule has 0 radical (unpaired) electrons. The summed E-state index contributed by atoms with van der Waals surface area (Å²) in [6.07, 6.45) is 0. The van der Waals surface area contributed by atoms with E-state index in [0.717, 1.165) is 5.56 Å². The third-order valence-electron chi connectivity index (χ3n) is 2.92. The molecule has 1 aromatic carbocycles. The van der Waals surface area contributed by atoms with Crippen LogP contribution in [0.1, 0.15) is 24.4 Å². The van der Waals surface area contributed by atoms with Gasteiger partial charge in [0.1, 0.15) is 5.76 Å². The van der Waals surface area contributed by atoms with E-state index in [0.29, 0.717) is 17.3 Å². The Labute approximate surface area is 123 Å². The van der Waals surface area contributed by atoms with Crippen molar-refractivity contribution >= 4 is 5.91 Å². The predicted molar refractivity (Wildman–Crippen MR) is 79.9 cm³/mol. The highest BCUT2D eigenvalue weighted by Gasteiger charge is 2.14. The van der Waals surface area contributed by atoms with Crippen LogP contribution in [0, 0.1) is 0 Å². The molecule has 0 fully saturated rings. The molecule has 2 rings (SSSR count). The number of methoxy groups -OCH3 is 2. The molecule has 1 N–H and O–H groups in total. The van der Waals surface area contributed by atoms with E-state index < -0.39 is 0 Å². The van der Waals surface area contributed by atoms with Gasteiger partial charge in [-0.3, -0.25) is 4.79 Å². The molecule has 21 heavy (non-hydrogen) atoms. The van der Waals surface area contributed by atoms with Gasteiger partial charge in [0.05, 0.1) is 14.2 Å². The van der Waals surface area contributed by atoms with E-state index in [4.69, 9.17) is 13.9 Å². The van der Waals surface area contributed by atoms with Crippen molar-refractivity contribution in [3.05, 3.63) is 36.1 Å². The number of hydrogen-bond donors (Lipinski definition) is 1. The van der Waals surface area contributed by atoms with Crippen molar-refractivity contribution in [2.24, 2.45) is 0 Å². The second-order valence-corrected chi connectivity index (χ2v) is 4.86. The summed E-state index contributed by atoms with van der Waals surface area (Å²) in [7, 11) is 3.16. The van der Waals surface area contributed by atoms with Crippen LogP contribution in [0.4, 0.5) is 0 Å². The molecule has 0 atom stereocenters. The van der Waals surface area contributed by atoms with Gasteiger partial charge < -0.3 is 19.2 Å². The van der Waals surface area contributed by atoms with Crippen LogP contribution in [0.3, 0.4) is 0 Å². The summed E-state index contributed by atoms with van der Waals surface area (Å²) in [6.45, 7) is 3.80. The molecule has 0 aliphatic rings. The lowest BCUT2D eigenvalue weighted by Crippen LogP contribution is -2.29. The minimum atomic E-state index is -0.225. The zero-order valence-electron chi connectivity index (χ0n) is 12.6. The van der Waals surface area contributed by atoms with Crippen molar-refractivity contribution in [2.75, 3.05) is 14.2 Å². The molecule has 5 nitrogen and oxygen atoms in total. The van der Waals surface area contributed by atoms with Gasteiger partial charge in [0, 0.05) is 11.6 Å². The highest BCUT2D eigenvalue weighted by molar-refractivity contribution is 5.92. The Morgan fingerprint density at radius 3 is 2.43 bits per heavy atom. The summed E-state index contributed by atoms with van der Waals surface area (Å²) < 4.78 is 16.1. The van der Waals surface area contributed by atoms with Gasteiger partial charge in [-0.25, -0.2) is 0 Å². The van der Waals surface area contributed by atoms with E-state index in [2.05, 4.69) is 5.32 Å². The van der Waals surface area contributed by atoms with E-state index in [1.165, 1.54) is 0 Å². The zero-order chi connectivity index (χ0) is 15.4. The van der Waals surface area contributed by atoms with Crippen molar-refractivity contribution < 1.29 is 18.7 Å². The number of ether oxygens (including phenoxy) is 2. The first-order valence-electron chi connectivity index (χ1n) is 6.68. The molecule has 1 heterocycles. The summed E-state index contributed by atoms with van der Waals surface area (Å²) >= 11 is 0. The summed E-state index contributed by atoms with van der Waals surface area (Å²) in [5.41, 5.74) is 0.816. The number of furan rings is 1. The molecular weight excluding hydrogens is 270 g/mol. The largest absolute Gasteiger partial charge is 0.493 e. The van der Waals surface area contributed by atoms with Crippen molar-refractivity contribution in [1.82, 2.24) is 5.32 Å². The van der Waals surface area contributed by atoms with E-state index in [9.17, 15) is 4.79 Å². The SMILES string of the molecule is COc1ccc(-c2ccc(C(=O)NC(C)C)o2)cc1OC. The predicted octanol–water partition coefficient (Wildman–Crippen LogP) is 3.10. The van der Waals surface area contributed by atoms with Gasteiger partial charge in [-0.1, -0.05) is 0 Å². The number of nitrogens with one attached hydrogen (secondary N) is 1. The molecule has 0 aliphatic heterocycles. The fraction of sp³-hybridized carbons (Fsp3) is 0.312. The molecule has 5 heteroatoms. The van der Waals surface area contributed by atoms with Crippen LogP contribution in [0.15, 0.2) is 34.7 Å². The minimum Gasteiger partial charge on any atom is -0.493 e. The molecule has 1 amide bonds. The third kappa shape index (κ3) is 3.37. The van der Waals surface area contributed by atoms with E-state index in [1.54, 1.807) is 32.4 Å². The first-order valence-corrected chi connectivity index (χ1v) is 6.68. The molecule has 0 saturated carbocycles. The molecule has 0 unspecified atom stereocenters. The summed E-state index contributed by atoms with van der Waals surface area (Å²) in [6, 6.07) is 8.93. The standard InChI is InChI=1S/C16H19NO4/c1-10(2)17-16(18)14-8-7-12(21-14)11-5-6-13(19-3)15(9-11)20-4/h5-10H,1-4H3,(H,17,18). The molecule has 2 aromatic rings. The van der Waals surface area contributed by atoms with Crippen molar-refractivity contribution in [2.45, 2.75) is 19.9 Å². The number of benzene rings is 1. The Morgan fingerprint density at radius 1 is 1.10 bits per heavy atom. The van der Waals surface area contributed by atoms with Gasteiger partial charge in [-0.15, -0.1) is 0 Å². The fourth-order valence-electron chi connectivity index (χ4n) is 1.94. The highest BCUT2D eigenvalue weighted by Crippen LogP contribution is 2.32. The van der Waals surface area contributed by atoms with Crippen LogP contribution in [-0.4, -0.2) is 26.2 Å². The maximum atomic E-state index is 11.9. The Bertz CT molecular complexity index is 631. The monoisotopic (exact) mass is 289 g/mol. The molecule has 112 valence electrons. The highest BCUT2D eigenvalue weighted by atomic mass is 16.5. The van der Waals surface area contributed by atoms with Crippen LogP contribution < -0.4 is 14.8 Å². The van der Waals surface area contributed by atoms with Gasteiger partial charge >= 0.3 is 0 Å². The van der Waals surface area contributed by atoms with Crippen LogP contribution in [-0.2, 0) is 0 Å². The molecule has 0 aliphatic carbocycles. The first kappa shape index (κ1) is 15.0. The number of carbonyl (C=O) groups excluding carboxylic acids is 1. The van der Waals surface area contributed by atoms with Gasteiger partial charge in [0.2, 0.25) is 0 Å². The Balaban J connectivity index is 2.27. The van der Waals surface area contributed by atoms with Gasteiger partial charge in [-0.2, -0.15) is 0 Å². The van der Waals surface area contributed by atoms with Crippen LogP contribution in [0.5, 0.6) is 11.5 Å². The number of amides is 1. The lowest BCUT2D eigenvalue weighted by atomic mass is 10.1. The summed E-state index contributed by atoms with van der Waals surface area (Å²) in [5, 5.41) is 2.79. The van der Waals surface area contributed by atoms with Gasteiger partial charge in [0.15, 0.2) is 17.3 Å². The molecule has 1 aromatic heterocycles. The second-order valence-electron chi connectivity index (χ2n) is 4.86. The lowest BCUT2D eigenvalue weighted by Gasteiger charge is -2.08. The lowest BCUT2D eigenvalue weighted by molar-refractivity contribution is 0.0916. The quantitative estimate of drug-likeness (QED) is 0.918. The average molecular weight is 289 g/mol. The molecule has 0 spiro atoms. The number of rotatable bonds is 5.